The Hall–Kier alpha value is -1.12. The Morgan fingerprint density at radius 3 is 2.53 bits per heavy atom. The van der Waals surface area contributed by atoms with Gasteiger partial charge in [-0.3, -0.25) is 0 Å². The summed E-state index contributed by atoms with van der Waals surface area (Å²) in [4.78, 5) is 0. The van der Waals surface area contributed by atoms with Gasteiger partial charge in [0.15, 0.2) is 9.84 Å². The van der Waals surface area contributed by atoms with Crippen molar-refractivity contribution in [3.05, 3.63) is 24.0 Å². The smallest absolute Gasteiger partial charge is 0.492 e. The second-order valence-corrected chi connectivity index (χ2v) is 7.00. The average Bonchev–Trinajstić information content (AvgIpc) is 2.30. The third-order valence-electron chi connectivity index (χ3n) is 2.59. The summed E-state index contributed by atoms with van der Waals surface area (Å²) < 4.78 is 41.2. The molecule has 0 aliphatic heterocycles. The lowest BCUT2D eigenvalue weighted by Crippen LogP contribution is -2.32. The van der Waals surface area contributed by atoms with Crippen molar-refractivity contribution in [2.24, 2.45) is 0 Å². The molecule has 0 aromatic heterocycles. The highest BCUT2D eigenvalue weighted by atomic mass is 32.2. The predicted octanol–water partition coefficient (Wildman–Crippen LogP) is -0.292. The SMILES string of the molecule is CC(C)S(=O)(=O)CCOc1ccc(F)cc1B(O)O. The molecule has 0 heterocycles. The van der Waals surface area contributed by atoms with Gasteiger partial charge in [-0.25, -0.2) is 12.8 Å². The molecule has 0 amide bonds. The van der Waals surface area contributed by atoms with E-state index in [1.807, 2.05) is 0 Å². The summed E-state index contributed by atoms with van der Waals surface area (Å²) in [6.45, 7) is 3.00. The third kappa shape index (κ3) is 4.48. The van der Waals surface area contributed by atoms with Crippen LogP contribution in [0.15, 0.2) is 18.2 Å². The average molecular weight is 290 g/mol. The first-order valence-electron chi connectivity index (χ1n) is 5.74. The van der Waals surface area contributed by atoms with E-state index in [1.165, 1.54) is 6.07 Å². The van der Waals surface area contributed by atoms with Crippen molar-refractivity contribution in [2.45, 2.75) is 19.1 Å². The van der Waals surface area contributed by atoms with Crippen LogP contribution in [0.5, 0.6) is 5.75 Å². The molecule has 1 aromatic rings. The first kappa shape index (κ1) is 15.9. The Balaban J connectivity index is 2.74. The highest BCUT2D eigenvalue weighted by molar-refractivity contribution is 7.91. The Morgan fingerprint density at radius 1 is 1.37 bits per heavy atom. The van der Waals surface area contributed by atoms with Crippen LogP contribution < -0.4 is 10.2 Å². The largest absolute Gasteiger partial charge is 0.493 e. The number of rotatable bonds is 6. The molecular formula is C11H16BFO5S. The number of benzene rings is 1. The maximum atomic E-state index is 13.0. The maximum Gasteiger partial charge on any atom is 0.492 e. The Morgan fingerprint density at radius 2 is 2.00 bits per heavy atom. The van der Waals surface area contributed by atoms with Gasteiger partial charge in [0.25, 0.3) is 0 Å². The van der Waals surface area contributed by atoms with Crippen LogP contribution in [0.3, 0.4) is 0 Å². The van der Waals surface area contributed by atoms with E-state index in [0.29, 0.717) is 0 Å². The van der Waals surface area contributed by atoms with Crippen LogP contribution in [0, 0.1) is 5.82 Å². The molecule has 0 atom stereocenters. The summed E-state index contributed by atoms with van der Waals surface area (Å²) in [5, 5.41) is 17.6. The van der Waals surface area contributed by atoms with E-state index in [2.05, 4.69) is 0 Å². The number of ether oxygens (including phenoxy) is 1. The van der Waals surface area contributed by atoms with Crippen LogP contribution in [-0.4, -0.2) is 43.2 Å². The van der Waals surface area contributed by atoms with Gasteiger partial charge in [-0.15, -0.1) is 0 Å². The number of sulfone groups is 1. The molecule has 106 valence electrons. The molecular weight excluding hydrogens is 274 g/mol. The summed E-state index contributed by atoms with van der Waals surface area (Å²) >= 11 is 0. The van der Waals surface area contributed by atoms with Crippen LogP contribution in [0.25, 0.3) is 0 Å². The summed E-state index contributed by atoms with van der Waals surface area (Å²) in [6, 6.07) is 3.25. The van der Waals surface area contributed by atoms with E-state index in [4.69, 9.17) is 14.8 Å². The van der Waals surface area contributed by atoms with Crippen molar-refractivity contribution in [3.8, 4) is 5.75 Å². The molecule has 0 spiro atoms. The van der Waals surface area contributed by atoms with Gasteiger partial charge in [-0.1, -0.05) is 0 Å². The molecule has 19 heavy (non-hydrogen) atoms. The molecule has 0 aliphatic rings. The maximum absolute atomic E-state index is 13.0. The number of hydrogen-bond donors (Lipinski definition) is 2. The fourth-order valence-corrected chi connectivity index (χ4v) is 2.14. The molecule has 1 aromatic carbocycles. The first-order chi connectivity index (χ1) is 8.74. The molecule has 5 nitrogen and oxygen atoms in total. The van der Waals surface area contributed by atoms with Gasteiger partial charge in [0.05, 0.1) is 11.0 Å². The second-order valence-electron chi connectivity index (χ2n) is 4.32. The molecule has 0 aliphatic carbocycles. The molecule has 0 saturated heterocycles. The zero-order valence-electron chi connectivity index (χ0n) is 10.7. The zero-order valence-corrected chi connectivity index (χ0v) is 11.5. The molecule has 1 rings (SSSR count). The van der Waals surface area contributed by atoms with E-state index in [-0.39, 0.29) is 23.6 Å². The van der Waals surface area contributed by atoms with Crippen molar-refractivity contribution < 1.29 is 27.6 Å². The minimum atomic E-state index is -3.23. The van der Waals surface area contributed by atoms with Crippen LogP contribution >= 0.6 is 0 Å². The number of hydrogen-bond acceptors (Lipinski definition) is 5. The van der Waals surface area contributed by atoms with Gasteiger partial charge in [0.2, 0.25) is 0 Å². The van der Waals surface area contributed by atoms with Gasteiger partial charge >= 0.3 is 7.12 Å². The lowest BCUT2D eigenvalue weighted by molar-refractivity contribution is 0.339. The molecule has 0 saturated carbocycles. The monoisotopic (exact) mass is 290 g/mol. The van der Waals surface area contributed by atoms with E-state index < -0.39 is 28.0 Å². The van der Waals surface area contributed by atoms with Crippen molar-refractivity contribution in [2.75, 3.05) is 12.4 Å². The van der Waals surface area contributed by atoms with Crippen LogP contribution in [-0.2, 0) is 9.84 Å². The minimum absolute atomic E-state index is 0.0513. The topological polar surface area (TPSA) is 83.8 Å². The summed E-state index contributed by atoms with van der Waals surface area (Å²) in [5.74, 6) is -0.774. The lowest BCUT2D eigenvalue weighted by atomic mass is 9.79. The Labute approximate surface area is 112 Å². The molecule has 2 N–H and O–H groups in total. The molecule has 0 bridgehead atoms. The van der Waals surface area contributed by atoms with E-state index in [1.54, 1.807) is 13.8 Å². The highest BCUT2D eigenvalue weighted by Crippen LogP contribution is 2.10. The molecule has 8 heteroatoms. The molecule has 0 radical (unpaired) electrons. The fourth-order valence-electron chi connectivity index (χ4n) is 1.36. The van der Waals surface area contributed by atoms with Crippen LogP contribution in [0.2, 0.25) is 0 Å². The van der Waals surface area contributed by atoms with Gasteiger partial charge in [0.1, 0.15) is 18.2 Å². The van der Waals surface area contributed by atoms with E-state index in [0.717, 1.165) is 12.1 Å². The van der Waals surface area contributed by atoms with Crippen molar-refractivity contribution in [3.63, 3.8) is 0 Å². The molecule has 0 unspecified atom stereocenters. The van der Waals surface area contributed by atoms with Gasteiger partial charge < -0.3 is 14.8 Å². The normalized spacial score (nSPS) is 11.7. The first-order valence-corrected chi connectivity index (χ1v) is 7.45. The summed E-state index contributed by atoms with van der Waals surface area (Å²) in [7, 11) is -5.12. The van der Waals surface area contributed by atoms with Gasteiger partial charge in [0, 0.05) is 5.46 Å². The standard InChI is InChI=1S/C11H16BFO5S/c1-8(2)19(16,17)6-5-18-11-4-3-9(13)7-10(11)12(14)15/h3-4,7-8,14-15H,5-6H2,1-2H3. The highest BCUT2D eigenvalue weighted by Gasteiger charge is 2.20. The Bertz CT molecular complexity index is 530. The fraction of sp³-hybridized carbons (Fsp3) is 0.455. The number of halogens is 1. The van der Waals surface area contributed by atoms with Crippen molar-refractivity contribution in [1.82, 2.24) is 0 Å². The van der Waals surface area contributed by atoms with Gasteiger partial charge in [-0.05, 0) is 32.0 Å². The minimum Gasteiger partial charge on any atom is -0.493 e. The predicted molar refractivity (Wildman–Crippen MR) is 70.6 cm³/mol. The van der Waals surface area contributed by atoms with Crippen molar-refractivity contribution in [1.29, 1.82) is 0 Å². The Kier molecular flexibility index (Phi) is 5.33. The zero-order chi connectivity index (χ0) is 14.6. The quantitative estimate of drug-likeness (QED) is 0.703. The van der Waals surface area contributed by atoms with Crippen LogP contribution in [0.1, 0.15) is 13.8 Å². The van der Waals surface area contributed by atoms with E-state index >= 15 is 0 Å². The second kappa shape index (κ2) is 6.36. The third-order valence-corrected chi connectivity index (χ3v) is 4.77. The lowest BCUT2D eigenvalue weighted by Gasteiger charge is -2.12. The van der Waals surface area contributed by atoms with Gasteiger partial charge in [-0.2, -0.15) is 0 Å². The van der Waals surface area contributed by atoms with Crippen molar-refractivity contribution >= 4 is 22.4 Å². The summed E-state index contributed by atoms with van der Waals surface area (Å²) in [5.41, 5.74) is -0.137. The van der Waals surface area contributed by atoms with Crippen LogP contribution in [0.4, 0.5) is 4.39 Å². The van der Waals surface area contributed by atoms with E-state index in [9.17, 15) is 12.8 Å². The molecule has 0 fully saturated rings. The summed E-state index contributed by atoms with van der Waals surface area (Å²) in [6.07, 6.45) is 0.